The molecule has 3 rings (SSSR count). The van der Waals surface area contributed by atoms with E-state index in [0.29, 0.717) is 13.0 Å². The molecule has 1 fully saturated rings. The molecule has 130 valence electrons. The van der Waals surface area contributed by atoms with Crippen molar-refractivity contribution in [2.75, 3.05) is 6.61 Å². The van der Waals surface area contributed by atoms with Crippen LogP contribution >= 0.6 is 0 Å². The van der Waals surface area contributed by atoms with Gasteiger partial charge in [0.1, 0.15) is 5.76 Å². The molecule has 1 aliphatic carbocycles. The van der Waals surface area contributed by atoms with Crippen molar-refractivity contribution < 1.29 is 18.7 Å². The highest BCUT2D eigenvalue weighted by Gasteiger charge is 2.50. The quantitative estimate of drug-likeness (QED) is 0.627. The number of allylic oxidation sites excluding steroid dienone is 1. The predicted octanol–water partition coefficient (Wildman–Crippen LogP) is 3.33. The Bertz CT molecular complexity index is 619. The van der Waals surface area contributed by atoms with E-state index < -0.39 is 0 Å². The third kappa shape index (κ3) is 2.87. The second kappa shape index (κ2) is 6.83. The highest BCUT2D eigenvalue weighted by Crippen LogP contribution is 2.47. The molecule has 4 unspecified atom stereocenters. The van der Waals surface area contributed by atoms with Crippen molar-refractivity contribution >= 4 is 11.9 Å². The van der Waals surface area contributed by atoms with Crippen molar-refractivity contribution in [1.29, 1.82) is 0 Å². The van der Waals surface area contributed by atoms with Crippen LogP contribution in [0.3, 0.4) is 0 Å². The van der Waals surface area contributed by atoms with E-state index in [1.807, 2.05) is 43.9 Å². The number of amides is 1. The Hall–Kier alpha value is -2.04. The molecule has 24 heavy (non-hydrogen) atoms. The van der Waals surface area contributed by atoms with E-state index in [1.165, 1.54) is 0 Å². The predicted molar refractivity (Wildman–Crippen MR) is 88.9 cm³/mol. The summed E-state index contributed by atoms with van der Waals surface area (Å²) in [6, 6.07) is 3.56. The van der Waals surface area contributed by atoms with Crippen molar-refractivity contribution in [1.82, 2.24) is 4.90 Å². The van der Waals surface area contributed by atoms with Crippen LogP contribution in [0.15, 0.2) is 35.0 Å². The number of fused-ring (bicyclic) bond motifs is 1. The van der Waals surface area contributed by atoms with Gasteiger partial charge in [0, 0.05) is 5.92 Å². The van der Waals surface area contributed by atoms with Gasteiger partial charge in [-0.15, -0.1) is 0 Å². The Balaban J connectivity index is 1.94. The van der Waals surface area contributed by atoms with Gasteiger partial charge in [-0.3, -0.25) is 9.59 Å². The van der Waals surface area contributed by atoms with Gasteiger partial charge in [-0.25, -0.2) is 0 Å². The minimum Gasteiger partial charge on any atom is -0.467 e. The van der Waals surface area contributed by atoms with Crippen LogP contribution in [0, 0.1) is 17.8 Å². The van der Waals surface area contributed by atoms with E-state index in [-0.39, 0.29) is 41.7 Å². The number of furan rings is 1. The number of hydrogen-bond donors (Lipinski definition) is 0. The van der Waals surface area contributed by atoms with Gasteiger partial charge in [0.05, 0.1) is 30.9 Å². The van der Waals surface area contributed by atoms with Gasteiger partial charge in [0.15, 0.2) is 0 Å². The van der Waals surface area contributed by atoms with Gasteiger partial charge in [-0.2, -0.15) is 0 Å². The molecule has 0 bridgehead atoms. The molecule has 2 heterocycles. The van der Waals surface area contributed by atoms with Gasteiger partial charge < -0.3 is 14.1 Å². The number of carbonyl (C=O) groups excluding carboxylic acids is 2. The molecule has 1 aromatic rings. The zero-order valence-electron chi connectivity index (χ0n) is 14.5. The first-order valence-corrected chi connectivity index (χ1v) is 8.73. The van der Waals surface area contributed by atoms with E-state index in [1.54, 1.807) is 6.26 Å². The summed E-state index contributed by atoms with van der Waals surface area (Å²) in [5, 5.41) is 0. The van der Waals surface area contributed by atoms with Crippen molar-refractivity contribution in [3.05, 3.63) is 36.3 Å². The number of nitrogens with zero attached hydrogens (tertiary/aromatic N) is 1. The fourth-order valence-corrected chi connectivity index (χ4v) is 3.96. The van der Waals surface area contributed by atoms with Crippen molar-refractivity contribution in [3.8, 4) is 0 Å². The van der Waals surface area contributed by atoms with Gasteiger partial charge in [0.25, 0.3) is 0 Å². The minimum atomic E-state index is -0.192. The lowest BCUT2D eigenvalue weighted by atomic mass is 9.79. The van der Waals surface area contributed by atoms with Gasteiger partial charge >= 0.3 is 5.97 Å². The Kier molecular flexibility index (Phi) is 4.78. The zero-order chi connectivity index (χ0) is 17.3. The lowest BCUT2D eigenvalue weighted by Gasteiger charge is -2.34. The molecule has 1 aliphatic heterocycles. The third-order valence-corrected chi connectivity index (χ3v) is 5.04. The first-order valence-electron chi connectivity index (χ1n) is 8.73. The molecule has 4 atom stereocenters. The van der Waals surface area contributed by atoms with Crippen LogP contribution < -0.4 is 0 Å². The highest BCUT2D eigenvalue weighted by atomic mass is 16.5. The molecule has 1 amide bonds. The lowest BCUT2D eigenvalue weighted by molar-refractivity contribution is -0.151. The summed E-state index contributed by atoms with van der Waals surface area (Å²) in [5.74, 6) is 0.508. The summed E-state index contributed by atoms with van der Waals surface area (Å²) in [5.41, 5.74) is 0. The van der Waals surface area contributed by atoms with E-state index in [2.05, 4.69) is 6.08 Å². The van der Waals surface area contributed by atoms with E-state index in [4.69, 9.17) is 9.15 Å². The summed E-state index contributed by atoms with van der Waals surface area (Å²) in [7, 11) is 0. The Morgan fingerprint density at radius 1 is 1.42 bits per heavy atom. The fraction of sp³-hybridized carbons (Fsp3) is 0.579. The summed E-state index contributed by atoms with van der Waals surface area (Å²) in [4.78, 5) is 27.1. The number of hydrogen-bond acceptors (Lipinski definition) is 4. The van der Waals surface area contributed by atoms with Crippen LogP contribution in [0.4, 0.5) is 0 Å². The van der Waals surface area contributed by atoms with E-state index >= 15 is 0 Å². The molecule has 5 heteroatoms. The van der Waals surface area contributed by atoms with Gasteiger partial charge in [0.2, 0.25) is 5.91 Å². The monoisotopic (exact) mass is 331 g/mol. The van der Waals surface area contributed by atoms with Crippen LogP contribution in [0.1, 0.15) is 45.4 Å². The minimum absolute atomic E-state index is 0.0712. The van der Waals surface area contributed by atoms with Crippen LogP contribution in [0.25, 0.3) is 0 Å². The van der Waals surface area contributed by atoms with Crippen molar-refractivity contribution in [3.63, 3.8) is 0 Å². The number of esters is 1. The zero-order valence-corrected chi connectivity index (χ0v) is 14.5. The maximum atomic E-state index is 12.8. The second-order valence-corrected chi connectivity index (χ2v) is 6.84. The smallest absolute Gasteiger partial charge is 0.309 e. The number of ether oxygens (including phenoxy) is 1. The van der Waals surface area contributed by atoms with Crippen LogP contribution in [0.2, 0.25) is 0 Å². The number of carbonyl (C=O) groups is 2. The molecule has 0 aromatic carbocycles. The molecular formula is C19H25NO4. The first kappa shape index (κ1) is 16.8. The molecule has 0 radical (unpaired) electrons. The molecule has 5 nitrogen and oxygen atoms in total. The summed E-state index contributed by atoms with van der Waals surface area (Å²) in [6.45, 7) is 6.02. The fourth-order valence-electron chi connectivity index (χ4n) is 3.96. The first-order chi connectivity index (χ1) is 11.5. The van der Waals surface area contributed by atoms with Crippen molar-refractivity contribution in [2.45, 2.75) is 45.7 Å². The maximum absolute atomic E-state index is 12.8. The topological polar surface area (TPSA) is 59.8 Å². The Labute approximate surface area is 142 Å². The lowest BCUT2D eigenvalue weighted by Crippen LogP contribution is -2.43. The maximum Gasteiger partial charge on any atom is 0.309 e. The van der Waals surface area contributed by atoms with Crippen LogP contribution in [-0.4, -0.2) is 29.4 Å². The SMILES string of the molecule is CCOC(=O)C1CC=CC2C1CC(c1ccco1)N2C(=O)C(C)C. The number of likely N-dealkylation sites (tertiary alicyclic amines) is 1. The number of rotatable bonds is 4. The summed E-state index contributed by atoms with van der Waals surface area (Å²) < 4.78 is 10.9. The molecule has 1 aromatic heterocycles. The largest absolute Gasteiger partial charge is 0.467 e. The summed E-state index contributed by atoms with van der Waals surface area (Å²) >= 11 is 0. The molecule has 2 aliphatic rings. The van der Waals surface area contributed by atoms with Gasteiger partial charge in [-0.05, 0) is 37.8 Å². The third-order valence-electron chi connectivity index (χ3n) is 5.04. The average molecular weight is 331 g/mol. The Morgan fingerprint density at radius 2 is 2.21 bits per heavy atom. The van der Waals surface area contributed by atoms with Crippen LogP contribution in [0.5, 0.6) is 0 Å². The normalized spacial score (nSPS) is 28.9. The molecule has 0 N–H and O–H groups in total. The highest BCUT2D eigenvalue weighted by molar-refractivity contribution is 5.80. The molecule has 1 saturated heterocycles. The molecule has 0 saturated carbocycles. The standard InChI is InChI=1S/C19H25NO4/c1-4-23-19(22)13-7-5-8-15-14(13)11-16(17-9-6-10-24-17)20(15)18(21)12(2)3/h5-6,8-10,12-16H,4,7,11H2,1-3H3. The average Bonchev–Trinajstić information content (AvgIpc) is 3.20. The van der Waals surface area contributed by atoms with Crippen LogP contribution in [-0.2, 0) is 14.3 Å². The molecule has 0 spiro atoms. The van der Waals surface area contributed by atoms with Crippen molar-refractivity contribution in [2.24, 2.45) is 17.8 Å². The van der Waals surface area contributed by atoms with Gasteiger partial charge in [-0.1, -0.05) is 26.0 Å². The second-order valence-electron chi connectivity index (χ2n) is 6.84. The van der Waals surface area contributed by atoms with E-state index in [9.17, 15) is 9.59 Å². The summed E-state index contributed by atoms with van der Waals surface area (Å²) in [6.07, 6.45) is 7.12. The molecular weight excluding hydrogens is 306 g/mol. The Morgan fingerprint density at radius 3 is 2.83 bits per heavy atom. The van der Waals surface area contributed by atoms with E-state index in [0.717, 1.165) is 12.2 Å².